The molecule has 0 aromatic carbocycles. The molecule has 5 aliphatic rings. The van der Waals surface area contributed by atoms with E-state index < -0.39 is 33.2 Å². The van der Waals surface area contributed by atoms with E-state index in [1.165, 1.54) is 7.11 Å². The van der Waals surface area contributed by atoms with Gasteiger partial charge in [-0.3, -0.25) is 18.6 Å². The van der Waals surface area contributed by atoms with E-state index in [-0.39, 0.29) is 41.4 Å². The zero-order valence-electron chi connectivity index (χ0n) is 19.4. The number of carbonyl (C=O) groups excluding carboxylic acids is 3. The first kappa shape index (κ1) is 23.0. The van der Waals surface area contributed by atoms with Gasteiger partial charge < -0.3 is 9.47 Å². The van der Waals surface area contributed by atoms with Gasteiger partial charge in [-0.05, 0) is 67.8 Å². The molecule has 3 saturated carbocycles. The predicted molar refractivity (Wildman–Crippen MR) is 116 cm³/mol. The second-order valence-electron chi connectivity index (χ2n) is 10.9. The molecule has 8 nitrogen and oxygen atoms in total. The van der Waals surface area contributed by atoms with E-state index in [1.807, 2.05) is 0 Å². The molecular weight excluding hydrogens is 448 g/mol. The van der Waals surface area contributed by atoms with Gasteiger partial charge in [0.15, 0.2) is 5.78 Å². The average Bonchev–Trinajstić information content (AvgIpc) is 3.29. The molecule has 1 saturated heterocycles. The van der Waals surface area contributed by atoms with Crippen molar-refractivity contribution < 1.29 is 36.5 Å². The first-order chi connectivity index (χ1) is 15.5. The number of esters is 2. The van der Waals surface area contributed by atoms with E-state index in [1.54, 1.807) is 6.08 Å². The molecule has 1 aliphatic heterocycles. The van der Waals surface area contributed by atoms with Gasteiger partial charge in [-0.2, -0.15) is 8.42 Å². The number of ether oxygens (including phenoxy) is 2. The summed E-state index contributed by atoms with van der Waals surface area (Å²) in [6.07, 6.45) is 6.45. The Morgan fingerprint density at radius 3 is 2.58 bits per heavy atom. The maximum atomic E-state index is 13.0. The van der Waals surface area contributed by atoms with E-state index >= 15 is 0 Å². The third kappa shape index (κ3) is 3.57. The fourth-order valence-electron chi connectivity index (χ4n) is 8.15. The maximum Gasteiger partial charge on any atom is 0.309 e. The van der Waals surface area contributed by atoms with Gasteiger partial charge in [0, 0.05) is 18.8 Å². The molecule has 4 fully saturated rings. The smallest absolute Gasteiger partial charge is 0.309 e. The molecule has 5 rings (SSSR count). The molecule has 0 bridgehead atoms. The molecular formula is C24H32O8S. The second-order valence-corrected chi connectivity index (χ2v) is 12.5. The van der Waals surface area contributed by atoms with Gasteiger partial charge in [0.25, 0.3) is 10.1 Å². The lowest BCUT2D eigenvalue weighted by atomic mass is 9.46. The fourth-order valence-corrected chi connectivity index (χ4v) is 8.80. The van der Waals surface area contributed by atoms with E-state index in [4.69, 9.17) is 13.7 Å². The molecule has 5 unspecified atom stereocenters. The van der Waals surface area contributed by atoms with Crippen molar-refractivity contribution in [1.29, 1.82) is 0 Å². The topological polar surface area (TPSA) is 113 Å². The second kappa shape index (κ2) is 7.63. The maximum absolute atomic E-state index is 13.0. The van der Waals surface area contributed by atoms with Crippen molar-refractivity contribution in [1.82, 2.24) is 0 Å². The Bertz CT molecular complexity index is 1030. The number of hydrogen-bond donors (Lipinski definition) is 0. The van der Waals surface area contributed by atoms with Gasteiger partial charge >= 0.3 is 11.9 Å². The molecule has 1 spiro atoms. The lowest BCUT2D eigenvalue weighted by Crippen LogP contribution is -2.60. The minimum atomic E-state index is -3.78. The van der Waals surface area contributed by atoms with Gasteiger partial charge in [-0.25, -0.2) is 0 Å². The van der Waals surface area contributed by atoms with Gasteiger partial charge in [0.1, 0.15) is 5.60 Å². The van der Waals surface area contributed by atoms with E-state index in [9.17, 15) is 22.8 Å². The van der Waals surface area contributed by atoms with Crippen LogP contribution < -0.4 is 0 Å². The van der Waals surface area contributed by atoms with Gasteiger partial charge in [0.05, 0.1) is 25.4 Å². The molecule has 0 N–H and O–H groups in total. The van der Waals surface area contributed by atoms with Crippen molar-refractivity contribution in [2.24, 2.45) is 35.0 Å². The molecule has 0 aromatic rings. The Balaban J connectivity index is 1.64. The van der Waals surface area contributed by atoms with Crippen LogP contribution in [0.3, 0.4) is 0 Å². The standard InChI is InChI=1S/C24H32O8S/c1-23-7-4-14(25)10-13(23)11-16(22(27)30-2)20-15-5-8-24(9-6-19(26)31-24)17(15)12-18(21(20)23)32-33(3,28)29/h10,15-18,20-21H,4-9,11-12H2,1-3H3/t15?,16-,17?,18-,20?,21?,23?,24-/m1/s1. The van der Waals surface area contributed by atoms with Crippen LogP contribution in [-0.2, 0) is 38.2 Å². The number of carbonyl (C=O) groups is 3. The van der Waals surface area contributed by atoms with Crippen molar-refractivity contribution >= 4 is 27.8 Å². The Morgan fingerprint density at radius 1 is 1.18 bits per heavy atom. The minimum Gasteiger partial charge on any atom is -0.469 e. The monoisotopic (exact) mass is 480 g/mol. The number of allylic oxidation sites excluding steroid dienone is 1. The number of rotatable bonds is 3. The van der Waals surface area contributed by atoms with Crippen LogP contribution in [0.1, 0.15) is 58.3 Å². The van der Waals surface area contributed by atoms with Crippen LogP contribution >= 0.6 is 0 Å². The van der Waals surface area contributed by atoms with Crippen LogP contribution in [0.4, 0.5) is 0 Å². The van der Waals surface area contributed by atoms with Crippen LogP contribution in [0.15, 0.2) is 11.6 Å². The molecule has 33 heavy (non-hydrogen) atoms. The summed E-state index contributed by atoms with van der Waals surface area (Å²) in [5.74, 6) is -1.39. The summed E-state index contributed by atoms with van der Waals surface area (Å²) in [7, 11) is -2.41. The lowest BCUT2D eigenvalue weighted by molar-refractivity contribution is -0.172. The molecule has 9 heteroatoms. The van der Waals surface area contributed by atoms with E-state index in [2.05, 4.69) is 6.92 Å². The van der Waals surface area contributed by atoms with Crippen LogP contribution in [0, 0.1) is 35.0 Å². The molecule has 182 valence electrons. The molecule has 8 atom stereocenters. The van der Waals surface area contributed by atoms with Crippen molar-refractivity contribution in [3.63, 3.8) is 0 Å². The van der Waals surface area contributed by atoms with Crippen LogP contribution in [-0.4, -0.2) is 51.2 Å². The zero-order valence-corrected chi connectivity index (χ0v) is 20.2. The SMILES string of the molecule is COC(=O)[C@@H]1CC2=CC(=O)CCC2(C)C2C1C1CC[C@@]3(CCC(=O)O3)C1C[C@H]2OS(C)(=O)=O. The molecule has 0 aromatic heterocycles. The van der Waals surface area contributed by atoms with Crippen molar-refractivity contribution in [3.05, 3.63) is 11.6 Å². The predicted octanol–water partition coefficient (Wildman–Crippen LogP) is 2.56. The molecule has 0 amide bonds. The highest BCUT2D eigenvalue weighted by Gasteiger charge is 2.67. The summed E-state index contributed by atoms with van der Waals surface area (Å²) in [4.78, 5) is 37.4. The van der Waals surface area contributed by atoms with Crippen molar-refractivity contribution in [2.75, 3.05) is 13.4 Å². The average molecular weight is 481 g/mol. The number of fused-ring (bicyclic) bond motifs is 6. The van der Waals surface area contributed by atoms with Crippen LogP contribution in [0.5, 0.6) is 0 Å². The lowest BCUT2D eigenvalue weighted by Gasteiger charge is -2.59. The summed E-state index contributed by atoms with van der Waals surface area (Å²) in [5.41, 5.74) is -0.145. The summed E-state index contributed by atoms with van der Waals surface area (Å²) in [5, 5.41) is 0. The van der Waals surface area contributed by atoms with Crippen LogP contribution in [0.2, 0.25) is 0 Å². The van der Waals surface area contributed by atoms with Gasteiger partial charge in [-0.15, -0.1) is 0 Å². The first-order valence-electron chi connectivity index (χ1n) is 11.9. The number of hydrogen-bond acceptors (Lipinski definition) is 8. The third-order valence-electron chi connectivity index (χ3n) is 9.36. The Hall–Kier alpha value is -1.74. The molecule has 0 radical (unpaired) electrons. The quantitative estimate of drug-likeness (QED) is 0.447. The largest absolute Gasteiger partial charge is 0.469 e. The third-order valence-corrected chi connectivity index (χ3v) is 9.96. The fraction of sp³-hybridized carbons (Fsp3) is 0.792. The zero-order chi connectivity index (χ0) is 23.8. The van der Waals surface area contributed by atoms with E-state index in [0.29, 0.717) is 44.9 Å². The Labute approximate surface area is 194 Å². The number of methoxy groups -OCH3 is 1. The highest BCUT2D eigenvalue weighted by molar-refractivity contribution is 7.86. The summed E-state index contributed by atoms with van der Waals surface area (Å²) in [6, 6.07) is 0. The number of ketones is 1. The van der Waals surface area contributed by atoms with Gasteiger partial charge in [-0.1, -0.05) is 12.5 Å². The van der Waals surface area contributed by atoms with E-state index in [0.717, 1.165) is 18.2 Å². The molecule has 4 aliphatic carbocycles. The highest BCUT2D eigenvalue weighted by atomic mass is 32.2. The summed E-state index contributed by atoms with van der Waals surface area (Å²) >= 11 is 0. The molecule has 1 heterocycles. The first-order valence-corrected chi connectivity index (χ1v) is 13.7. The highest BCUT2D eigenvalue weighted by Crippen LogP contribution is 2.66. The Kier molecular flexibility index (Phi) is 5.33. The van der Waals surface area contributed by atoms with Crippen molar-refractivity contribution in [3.8, 4) is 0 Å². The summed E-state index contributed by atoms with van der Waals surface area (Å²) < 4.78 is 41.5. The Morgan fingerprint density at radius 2 is 1.94 bits per heavy atom. The normalized spacial score (nSPS) is 44.5. The minimum absolute atomic E-state index is 0.0384. The van der Waals surface area contributed by atoms with Crippen LogP contribution in [0.25, 0.3) is 0 Å². The summed E-state index contributed by atoms with van der Waals surface area (Å²) in [6.45, 7) is 2.09. The van der Waals surface area contributed by atoms with Gasteiger partial charge in [0.2, 0.25) is 0 Å². The van der Waals surface area contributed by atoms with Crippen molar-refractivity contribution in [2.45, 2.75) is 70.0 Å².